The molecular weight excluding hydrogens is 276 g/mol. The first-order valence-corrected chi connectivity index (χ1v) is 8.67. The Morgan fingerprint density at radius 1 is 1.35 bits per heavy atom. The van der Waals surface area contributed by atoms with Crippen LogP contribution in [-0.2, 0) is 16.4 Å². The molecule has 0 amide bonds. The van der Waals surface area contributed by atoms with Gasteiger partial charge in [-0.15, -0.1) is 0 Å². The molecule has 114 valence electrons. The number of rotatable bonds is 8. The molecule has 1 aromatic rings. The first kappa shape index (κ1) is 16.9. The van der Waals surface area contributed by atoms with Gasteiger partial charge in [-0.25, -0.2) is 13.6 Å². The highest BCUT2D eigenvalue weighted by Gasteiger charge is 2.17. The molecule has 0 bridgehead atoms. The van der Waals surface area contributed by atoms with Gasteiger partial charge in [-0.05, 0) is 31.9 Å². The highest BCUT2D eigenvalue weighted by Crippen LogP contribution is 2.19. The Hall–Kier alpha value is -1.14. The van der Waals surface area contributed by atoms with Crippen molar-refractivity contribution in [2.24, 2.45) is 11.1 Å². The zero-order valence-electron chi connectivity index (χ0n) is 12.4. The first-order chi connectivity index (χ1) is 9.35. The molecule has 1 unspecified atom stereocenters. The van der Waals surface area contributed by atoms with Gasteiger partial charge >= 0.3 is 0 Å². The Bertz CT molecular complexity index is 529. The minimum absolute atomic E-state index is 0.0401. The molecule has 0 aliphatic heterocycles. The number of ether oxygens (including phenoxy) is 1. The minimum Gasteiger partial charge on any atom is -0.491 e. The normalized spacial score (nSPS) is 13.2. The van der Waals surface area contributed by atoms with Crippen molar-refractivity contribution >= 4 is 10.0 Å². The first-order valence-electron chi connectivity index (χ1n) is 6.95. The largest absolute Gasteiger partial charge is 0.491 e. The predicted octanol–water partition coefficient (Wildman–Crippen LogP) is 2.04. The molecule has 1 heterocycles. The molecule has 0 saturated heterocycles. The molecule has 0 radical (unpaired) electrons. The van der Waals surface area contributed by atoms with Crippen molar-refractivity contribution in [2.75, 3.05) is 12.4 Å². The number of hydrogen-bond acceptors (Lipinski definition) is 4. The molecule has 0 spiro atoms. The average molecular weight is 300 g/mol. The van der Waals surface area contributed by atoms with Crippen molar-refractivity contribution in [1.29, 1.82) is 0 Å². The van der Waals surface area contributed by atoms with E-state index >= 15 is 0 Å². The molecule has 0 saturated carbocycles. The van der Waals surface area contributed by atoms with Gasteiger partial charge in [-0.2, -0.15) is 0 Å². The second kappa shape index (κ2) is 7.59. The zero-order chi connectivity index (χ0) is 15.2. The lowest BCUT2D eigenvalue weighted by Crippen LogP contribution is -2.27. The summed E-state index contributed by atoms with van der Waals surface area (Å²) in [6.07, 6.45) is 2.46. The van der Waals surface area contributed by atoms with E-state index in [2.05, 4.69) is 4.98 Å². The van der Waals surface area contributed by atoms with E-state index in [-0.39, 0.29) is 11.7 Å². The van der Waals surface area contributed by atoms with Crippen LogP contribution in [0.3, 0.4) is 0 Å². The molecule has 0 fully saturated rings. The molecule has 1 aromatic heterocycles. The lowest BCUT2D eigenvalue weighted by atomic mass is 10.1. The van der Waals surface area contributed by atoms with E-state index < -0.39 is 10.0 Å². The molecule has 0 aliphatic rings. The lowest BCUT2D eigenvalue weighted by Gasteiger charge is -2.17. The summed E-state index contributed by atoms with van der Waals surface area (Å²) >= 11 is 0. The molecule has 0 aliphatic carbocycles. The molecule has 20 heavy (non-hydrogen) atoms. The number of nitrogens with zero attached hydrogens (tertiary/aromatic N) is 1. The van der Waals surface area contributed by atoms with Crippen LogP contribution in [0.25, 0.3) is 0 Å². The molecule has 1 atom stereocenters. The highest BCUT2D eigenvalue weighted by molar-refractivity contribution is 7.89. The summed E-state index contributed by atoms with van der Waals surface area (Å²) in [6.45, 7) is 6.31. The summed E-state index contributed by atoms with van der Waals surface area (Å²) in [5.41, 5.74) is 1.85. The van der Waals surface area contributed by atoms with Crippen molar-refractivity contribution in [2.45, 2.75) is 40.0 Å². The average Bonchev–Trinajstić information content (AvgIpc) is 2.35. The van der Waals surface area contributed by atoms with Gasteiger partial charge in [-0.1, -0.05) is 20.3 Å². The lowest BCUT2D eigenvalue weighted by molar-refractivity contribution is 0.249. The summed E-state index contributed by atoms with van der Waals surface area (Å²) in [7, 11) is -3.47. The smallest absolute Gasteiger partial charge is 0.209 e. The molecular formula is C14H24N2O3S. The van der Waals surface area contributed by atoms with Gasteiger partial charge in [0.15, 0.2) is 0 Å². The maximum absolute atomic E-state index is 11.2. The van der Waals surface area contributed by atoms with Crippen LogP contribution in [0.4, 0.5) is 0 Å². The molecule has 5 nitrogen and oxygen atoms in total. The van der Waals surface area contributed by atoms with Crippen molar-refractivity contribution in [3.05, 3.63) is 23.5 Å². The Morgan fingerprint density at radius 3 is 2.60 bits per heavy atom. The van der Waals surface area contributed by atoms with Gasteiger partial charge in [0, 0.05) is 11.6 Å². The monoisotopic (exact) mass is 300 g/mol. The second-order valence-electron chi connectivity index (χ2n) is 5.05. The SMILES string of the molecule is CCCC(COc1ccc(C)nc1CC)CS(N)(=O)=O. The van der Waals surface area contributed by atoms with E-state index in [0.29, 0.717) is 6.61 Å². The molecule has 6 heteroatoms. The number of hydrogen-bond donors (Lipinski definition) is 1. The van der Waals surface area contributed by atoms with Crippen molar-refractivity contribution in [3.8, 4) is 5.75 Å². The third-order valence-corrected chi connectivity index (χ3v) is 3.98. The fraction of sp³-hybridized carbons (Fsp3) is 0.643. The van der Waals surface area contributed by atoms with Gasteiger partial charge in [-0.3, -0.25) is 4.98 Å². The summed E-state index contributed by atoms with van der Waals surface area (Å²) in [5.74, 6) is 0.608. The van der Waals surface area contributed by atoms with Crippen LogP contribution in [0.15, 0.2) is 12.1 Å². The van der Waals surface area contributed by atoms with Crippen LogP contribution in [0, 0.1) is 12.8 Å². The van der Waals surface area contributed by atoms with Crippen LogP contribution < -0.4 is 9.88 Å². The number of pyridine rings is 1. The molecule has 0 aromatic carbocycles. The van der Waals surface area contributed by atoms with E-state index in [9.17, 15) is 8.42 Å². The number of primary sulfonamides is 1. The van der Waals surface area contributed by atoms with E-state index in [1.54, 1.807) is 0 Å². The van der Waals surface area contributed by atoms with E-state index in [4.69, 9.17) is 9.88 Å². The summed E-state index contributed by atoms with van der Waals surface area (Å²) in [4.78, 5) is 4.42. The van der Waals surface area contributed by atoms with Gasteiger partial charge in [0.05, 0.1) is 18.1 Å². The third-order valence-electron chi connectivity index (χ3n) is 3.05. The number of sulfonamides is 1. The topological polar surface area (TPSA) is 82.3 Å². The quantitative estimate of drug-likeness (QED) is 0.796. The van der Waals surface area contributed by atoms with Gasteiger partial charge in [0.2, 0.25) is 10.0 Å². The standard InChI is InChI=1S/C14H24N2O3S/c1-4-6-12(10-20(15,17)18)9-19-14-8-7-11(3)16-13(14)5-2/h7-8,12H,4-6,9-10H2,1-3H3,(H2,15,17,18). The Balaban J connectivity index is 2.72. The number of aromatic nitrogens is 1. The summed E-state index contributed by atoms with van der Waals surface area (Å²) < 4.78 is 28.2. The fourth-order valence-corrected chi connectivity index (χ4v) is 3.06. The molecule has 1 rings (SSSR count). The van der Waals surface area contributed by atoms with Crippen LogP contribution in [0.1, 0.15) is 38.1 Å². The zero-order valence-corrected chi connectivity index (χ0v) is 13.2. The highest BCUT2D eigenvalue weighted by atomic mass is 32.2. The van der Waals surface area contributed by atoms with Gasteiger partial charge < -0.3 is 4.74 Å². The molecule has 2 N–H and O–H groups in total. The van der Waals surface area contributed by atoms with Gasteiger partial charge in [0.25, 0.3) is 0 Å². The van der Waals surface area contributed by atoms with Gasteiger partial charge in [0.1, 0.15) is 5.75 Å². The second-order valence-corrected chi connectivity index (χ2v) is 6.71. The van der Waals surface area contributed by atoms with Crippen LogP contribution >= 0.6 is 0 Å². The van der Waals surface area contributed by atoms with E-state index in [1.807, 2.05) is 32.9 Å². The van der Waals surface area contributed by atoms with Crippen molar-refractivity contribution < 1.29 is 13.2 Å². The van der Waals surface area contributed by atoms with Crippen LogP contribution in [0.5, 0.6) is 5.75 Å². The van der Waals surface area contributed by atoms with Crippen LogP contribution in [0.2, 0.25) is 0 Å². The number of aryl methyl sites for hydroxylation is 2. The van der Waals surface area contributed by atoms with E-state index in [0.717, 1.165) is 36.4 Å². The Morgan fingerprint density at radius 2 is 2.05 bits per heavy atom. The number of nitrogens with two attached hydrogens (primary N) is 1. The summed E-state index contributed by atoms with van der Waals surface area (Å²) in [6, 6.07) is 3.78. The summed E-state index contributed by atoms with van der Waals surface area (Å²) in [5, 5.41) is 5.12. The maximum Gasteiger partial charge on any atom is 0.209 e. The Labute approximate surface area is 121 Å². The Kier molecular flexibility index (Phi) is 6.42. The maximum atomic E-state index is 11.2. The minimum atomic E-state index is -3.47. The van der Waals surface area contributed by atoms with Crippen molar-refractivity contribution in [1.82, 2.24) is 4.98 Å². The fourth-order valence-electron chi connectivity index (χ4n) is 2.14. The third kappa shape index (κ3) is 5.88. The van der Waals surface area contributed by atoms with E-state index in [1.165, 1.54) is 0 Å². The van der Waals surface area contributed by atoms with Crippen LogP contribution in [-0.4, -0.2) is 25.8 Å². The van der Waals surface area contributed by atoms with Crippen molar-refractivity contribution in [3.63, 3.8) is 0 Å². The predicted molar refractivity (Wildman–Crippen MR) is 80.2 cm³/mol.